The summed E-state index contributed by atoms with van der Waals surface area (Å²) in [6, 6.07) is 1.94. The van der Waals surface area contributed by atoms with Crippen molar-refractivity contribution in [3.8, 4) is 0 Å². The standard InChI is InChI=1S/C14H21N5O/c1-9(2)7-16-12(20)4-5-19-13-11(18-14(19)15)6-10(3)8-17-13/h6,8-9H,4-5,7H2,1-3H3,(H2,15,18)(H,16,20). The summed E-state index contributed by atoms with van der Waals surface area (Å²) in [5.41, 5.74) is 8.43. The zero-order chi connectivity index (χ0) is 14.7. The van der Waals surface area contributed by atoms with Crippen LogP contribution < -0.4 is 11.1 Å². The third kappa shape index (κ3) is 3.26. The van der Waals surface area contributed by atoms with E-state index in [1.165, 1.54) is 0 Å². The minimum absolute atomic E-state index is 0.0204. The Hall–Kier alpha value is -2.11. The van der Waals surface area contributed by atoms with Gasteiger partial charge in [-0.2, -0.15) is 0 Å². The van der Waals surface area contributed by atoms with Crippen molar-refractivity contribution in [2.24, 2.45) is 5.92 Å². The van der Waals surface area contributed by atoms with Gasteiger partial charge < -0.3 is 11.1 Å². The second kappa shape index (κ2) is 5.90. The number of anilines is 1. The molecule has 3 N–H and O–H groups in total. The van der Waals surface area contributed by atoms with Crippen molar-refractivity contribution in [1.29, 1.82) is 0 Å². The Balaban J connectivity index is 2.06. The number of nitrogens with two attached hydrogens (primary N) is 1. The Morgan fingerprint density at radius 2 is 2.25 bits per heavy atom. The number of aromatic nitrogens is 3. The van der Waals surface area contributed by atoms with Crippen molar-refractivity contribution in [2.45, 2.75) is 33.7 Å². The summed E-state index contributed by atoms with van der Waals surface area (Å²) in [4.78, 5) is 20.4. The highest BCUT2D eigenvalue weighted by Crippen LogP contribution is 2.16. The Bertz CT molecular complexity index is 617. The maximum atomic E-state index is 11.7. The summed E-state index contributed by atoms with van der Waals surface area (Å²) >= 11 is 0. The molecule has 0 aliphatic rings. The van der Waals surface area contributed by atoms with Crippen LogP contribution in [-0.2, 0) is 11.3 Å². The molecule has 2 heterocycles. The van der Waals surface area contributed by atoms with Crippen molar-refractivity contribution >= 4 is 23.0 Å². The van der Waals surface area contributed by atoms with Gasteiger partial charge in [0.25, 0.3) is 0 Å². The Labute approximate surface area is 118 Å². The van der Waals surface area contributed by atoms with Crippen LogP contribution in [0.15, 0.2) is 12.3 Å². The number of fused-ring (bicyclic) bond motifs is 1. The number of imidazole rings is 1. The van der Waals surface area contributed by atoms with E-state index < -0.39 is 0 Å². The summed E-state index contributed by atoms with van der Waals surface area (Å²) in [5.74, 6) is 0.865. The molecule has 6 heteroatoms. The number of aryl methyl sites for hydroxylation is 2. The molecule has 2 aromatic heterocycles. The van der Waals surface area contributed by atoms with Gasteiger partial charge in [-0.3, -0.25) is 9.36 Å². The fourth-order valence-electron chi connectivity index (χ4n) is 1.97. The Morgan fingerprint density at radius 3 is 2.95 bits per heavy atom. The molecule has 2 rings (SSSR count). The average molecular weight is 275 g/mol. The van der Waals surface area contributed by atoms with E-state index in [1.54, 1.807) is 10.8 Å². The maximum absolute atomic E-state index is 11.7. The molecular weight excluding hydrogens is 254 g/mol. The van der Waals surface area contributed by atoms with Gasteiger partial charge in [0.1, 0.15) is 5.52 Å². The van der Waals surface area contributed by atoms with Crippen LogP contribution in [0.25, 0.3) is 11.2 Å². The van der Waals surface area contributed by atoms with Gasteiger partial charge in [0.05, 0.1) is 0 Å². The SMILES string of the molecule is Cc1cnc2c(c1)nc(N)n2CCC(=O)NCC(C)C. The van der Waals surface area contributed by atoms with E-state index in [9.17, 15) is 4.79 Å². The van der Waals surface area contributed by atoms with E-state index in [2.05, 4.69) is 29.1 Å². The highest BCUT2D eigenvalue weighted by molar-refractivity contribution is 5.77. The molecule has 0 aliphatic carbocycles. The first kappa shape index (κ1) is 14.3. The molecule has 0 radical (unpaired) electrons. The predicted molar refractivity (Wildman–Crippen MR) is 79.1 cm³/mol. The summed E-state index contributed by atoms with van der Waals surface area (Å²) < 4.78 is 1.78. The molecule has 0 aliphatic heterocycles. The van der Waals surface area contributed by atoms with Gasteiger partial charge in [-0.25, -0.2) is 9.97 Å². The van der Waals surface area contributed by atoms with Crippen LogP contribution in [0.5, 0.6) is 0 Å². The minimum Gasteiger partial charge on any atom is -0.369 e. The topological polar surface area (TPSA) is 85.8 Å². The lowest BCUT2D eigenvalue weighted by atomic mass is 10.2. The fourth-order valence-corrected chi connectivity index (χ4v) is 1.97. The molecule has 20 heavy (non-hydrogen) atoms. The van der Waals surface area contributed by atoms with Crippen LogP contribution in [0.2, 0.25) is 0 Å². The molecule has 2 aromatic rings. The lowest BCUT2D eigenvalue weighted by molar-refractivity contribution is -0.121. The molecule has 108 valence electrons. The Kier molecular flexibility index (Phi) is 4.22. The van der Waals surface area contributed by atoms with Crippen molar-refractivity contribution in [1.82, 2.24) is 19.9 Å². The number of nitrogens with zero attached hydrogens (tertiary/aromatic N) is 3. The number of amides is 1. The van der Waals surface area contributed by atoms with Gasteiger partial charge in [-0.05, 0) is 24.5 Å². The molecule has 6 nitrogen and oxygen atoms in total. The summed E-state index contributed by atoms with van der Waals surface area (Å²) in [7, 11) is 0. The van der Waals surface area contributed by atoms with Gasteiger partial charge in [0, 0.05) is 25.7 Å². The summed E-state index contributed by atoms with van der Waals surface area (Å²) in [5, 5.41) is 2.89. The molecular formula is C14H21N5O. The maximum Gasteiger partial charge on any atom is 0.221 e. The van der Waals surface area contributed by atoms with Crippen molar-refractivity contribution < 1.29 is 4.79 Å². The van der Waals surface area contributed by atoms with Crippen LogP contribution >= 0.6 is 0 Å². The molecule has 0 fully saturated rings. The van der Waals surface area contributed by atoms with E-state index in [0.717, 1.165) is 16.7 Å². The number of pyridine rings is 1. The van der Waals surface area contributed by atoms with Crippen molar-refractivity contribution in [3.63, 3.8) is 0 Å². The quantitative estimate of drug-likeness (QED) is 0.865. The van der Waals surface area contributed by atoms with Gasteiger partial charge in [-0.15, -0.1) is 0 Å². The largest absolute Gasteiger partial charge is 0.369 e. The first-order chi connectivity index (χ1) is 9.47. The number of nitrogen functional groups attached to an aromatic ring is 1. The van der Waals surface area contributed by atoms with Gasteiger partial charge in [0.2, 0.25) is 11.9 Å². The van der Waals surface area contributed by atoms with E-state index in [-0.39, 0.29) is 5.91 Å². The highest BCUT2D eigenvalue weighted by atomic mass is 16.1. The smallest absolute Gasteiger partial charge is 0.221 e. The molecule has 0 saturated heterocycles. The summed E-state index contributed by atoms with van der Waals surface area (Å²) in [6.07, 6.45) is 2.15. The van der Waals surface area contributed by atoms with Crippen molar-refractivity contribution in [2.75, 3.05) is 12.3 Å². The number of hydrogen-bond donors (Lipinski definition) is 2. The third-order valence-corrected chi connectivity index (χ3v) is 3.02. The molecule has 0 aromatic carbocycles. The number of carbonyl (C=O) groups excluding carboxylic acids is 1. The average Bonchev–Trinajstić information content (AvgIpc) is 2.68. The Morgan fingerprint density at radius 1 is 1.50 bits per heavy atom. The fraction of sp³-hybridized carbons (Fsp3) is 0.500. The monoisotopic (exact) mass is 275 g/mol. The molecule has 0 atom stereocenters. The minimum atomic E-state index is 0.0204. The first-order valence-corrected chi connectivity index (χ1v) is 6.82. The molecule has 0 bridgehead atoms. The van der Waals surface area contributed by atoms with Crippen LogP contribution in [-0.4, -0.2) is 27.0 Å². The van der Waals surface area contributed by atoms with E-state index in [0.29, 0.717) is 31.4 Å². The van der Waals surface area contributed by atoms with Crippen LogP contribution in [0.1, 0.15) is 25.8 Å². The van der Waals surface area contributed by atoms with Gasteiger partial charge >= 0.3 is 0 Å². The van der Waals surface area contributed by atoms with E-state index in [4.69, 9.17) is 5.73 Å². The van der Waals surface area contributed by atoms with Crippen LogP contribution in [0, 0.1) is 12.8 Å². The number of carbonyl (C=O) groups is 1. The second-order valence-corrected chi connectivity index (χ2v) is 5.42. The number of rotatable bonds is 5. The lowest BCUT2D eigenvalue weighted by Gasteiger charge is -2.09. The van der Waals surface area contributed by atoms with Crippen LogP contribution in [0.4, 0.5) is 5.95 Å². The first-order valence-electron chi connectivity index (χ1n) is 6.82. The third-order valence-electron chi connectivity index (χ3n) is 3.02. The van der Waals surface area contributed by atoms with Gasteiger partial charge in [0.15, 0.2) is 5.65 Å². The summed E-state index contributed by atoms with van der Waals surface area (Å²) in [6.45, 7) is 7.27. The zero-order valence-electron chi connectivity index (χ0n) is 12.2. The number of hydrogen-bond acceptors (Lipinski definition) is 4. The molecule has 0 unspecified atom stereocenters. The lowest BCUT2D eigenvalue weighted by Crippen LogP contribution is -2.28. The number of nitrogens with one attached hydrogen (secondary N) is 1. The predicted octanol–water partition coefficient (Wildman–Crippen LogP) is 1.48. The molecule has 0 spiro atoms. The highest BCUT2D eigenvalue weighted by Gasteiger charge is 2.11. The van der Waals surface area contributed by atoms with Gasteiger partial charge in [-0.1, -0.05) is 13.8 Å². The second-order valence-electron chi connectivity index (χ2n) is 5.42. The molecule has 1 amide bonds. The van der Waals surface area contributed by atoms with E-state index in [1.807, 2.05) is 13.0 Å². The van der Waals surface area contributed by atoms with E-state index >= 15 is 0 Å². The van der Waals surface area contributed by atoms with Crippen LogP contribution in [0.3, 0.4) is 0 Å². The molecule has 0 saturated carbocycles. The van der Waals surface area contributed by atoms with Crippen molar-refractivity contribution in [3.05, 3.63) is 17.8 Å². The normalized spacial score (nSPS) is 11.2. The zero-order valence-corrected chi connectivity index (χ0v) is 12.2.